The van der Waals surface area contributed by atoms with Crippen LogP contribution >= 0.6 is 0 Å². The van der Waals surface area contributed by atoms with Crippen molar-refractivity contribution in [2.75, 3.05) is 32.0 Å². The number of aromatic nitrogens is 2. The van der Waals surface area contributed by atoms with E-state index in [4.69, 9.17) is 19.2 Å². The molecule has 8 nitrogen and oxygen atoms in total. The largest absolute Gasteiger partial charge is 0.497 e. The number of benzene rings is 3. The normalized spacial score (nSPS) is 14.8. The third-order valence-corrected chi connectivity index (χ3v) is 6.16. The fourth-order valence-electron chi connectivity index (χ4n) is 4.54. The molecule has 0 unspecified atom stereocenters. The molecule has 0 aliphatic carbocycles. The Kier molecular flexibility index (Phi) is 5.78. The number of hydrogen-bond acceptors (Lipinski definition) is 6. The molecule has 1 amide bonds. The lowest BCUT2D eigenvalue weighted by Crippen LogP contribution is -2.31. The molecule has 1 atom stereocenters. The topological polar surface area (TPSA) is 86.6 Å². The van der Waals surface area contributed by atoms with Gasteiger partial charge < -0.3 is 24.8 Å². The van der Waals surface area contributed by atoms with Crippen molar-refractivity contribution in [1.82, 2.24) is 9.55 Å². The maximum atomic E-state index is 13.9. The summed E-state index contributed by atoms with van der Waals surface area (Å²) in [5.74, 6) is 2.25. The van der Waals surface area contributed by atoms with Crippen molar-refractivity contribution in [3.8, 4) is 17.2 Å². The number of imidazole rings is 1. The van der Waals surface area contributed by atoms with E-state index in [1.165, 1.54) is 0 Å². The van der Waals surface area contributed by atoms with Gasteiger partial charge in [0.2, 0.25) is 5.95 Å². The Hall–Kier alpha value is -4.46. The van der Waals surface area contributed by atoms with E-state index in [0.717, 1.165) is 16.6 Å². The van der Waals surface area contributed by atoms with E-state index >= 15 is 0 Å². The van der Waals surface area contributed by atoms with Crippen LogP contribution in [0.5, 0.6) is 17.2 Å². The standard InChI is InChI=1S/C27H26N4O4/c1-16-24(26(32)29-20-10-6-8-12-23(20)35-4)25(18-15-17(33-2)13-14-22(18)34-3)31-21-11-7-5-9-19(21)30-27(31)28-16/h5-15,25H,1-4H3,(H,28,30)(H,29,32)/t25-/m1/s1. The summed E-state index contributed by atoms with van der Waals surface area (Å²) in [4.78, 5) is 18.7. The number of nitrogens with zero attached hydrogens (tertiary/aromatic N) is 2. The van der Waals surface area contributed by atoms with Crippen molar-refractivity contribution in [2.24, 2.45) is 0 Å². The quantitative estimate of drug-likeness (QED) is 0.413. The molecule has 0 fully saturated rings. The van der Waals surface area contributed by atoms with E-state index in [1.54, 1.807) is 27.4 Å². The van der Waals surface area contributed by atoms with E-state index in [2.05, 4.69) is 10.6 Å². The number of amides is 1. The highest BCUT2D eigenvalue weighted by molar-refractivity contribution is 6.07. The van der Waals surface area contributed by atoms with Crippen LogP contribution in [0.2, 0.25) is 0 Å². The lowest BCUT2D eigenvalue weighted by Gasteiger charge is -2.31. The Morgan fingerprint density at radius 3 is 2.46 bits per heavy atom. The number of para-hydroxylation sites is 4. The zero-order valence-electron chi connectivity index (χ0n) is 20.0. The molecule has 0 bridgehead atoms. The van der Waals surface area contributed by atoms with Crippen LogP contribution in [0.15, 0.2) is 78.0 Å². The Labute approximate surface area is 203 Å². The van der Waals surface area contributed by atoms with Gasteiger partial charge in [0, 0.05) is 11.3 Å². The van der Waals surface area contributed by atoms with Gasteiger partial charge in [-0.1, -0.05) is 24.3 Å². The molecule has 1 aliphatic rings. The zero-order chi connectivity index (χ0) is 24.5. The minimum Gasteiger partial charge on any atom is -0.497 e. The van der Waals surface area contributed by atoms with Crippen LogP contribution in [-0.2, 0) is 4.79 Å². The molecule has 2 N–H and O–H groups in total. The lowest BCUT2D eigenvalue weighted by molar-refractivity contribution is -0.113. The van der Waals surface area contributed by atoms with Crippen LogP contribution in [0.25, 0.3) is 11.0 Å². The summed E-state index contributed by atoms with van der Waals surface area (Å²) in [6, 6.07) is 20.2. The molecule has 0 saturated carbocycles. The first kappa shape index (κ1) is 22.3. The minimum atomic E-state index is -0.529. The van der Waals surface area contributed by atoms with Crippen molar-refractivity contribution < 1.29 is 19.0 Å². The predicted molar refractivity (Wildman–Crippen MR) is 135 cm³/mol. The highest BCUT2D eigenvalue weighted by Crippen LogP contribution is 2.43. The van der Waals surface area contributed by atoms with Crippen LogP contribution in [0.1, 0.15) is 18.5 Å². The number of allylic oxidation sites excluding steroid dienone is 1. The molecule has 1 aliphatic heterocycles. The first-order valence-corrected chi connectivity index (χ1v) is 11.2. The van der Waals surface area contributed by atoms with Gasteiger partial charge in [-0.3, -0.25) is 9.36 Å². The van der Waals surface area contributed by atoms with Gasteiger partial charge in [0.15, 0.2) is 0 Å². The third-order valence-electron chi connectivity index (χ3n) is 6.16. The molecular weight excluding hydrogens is 444 g/mol. The van der Waals surface area contributed by atoms with Crippen LogP contribution in [0.4, 0.5) is 11.6 Å². The van der Waals surface area contributed by atoms with E-state index < -0.39 is 6.04 Å². The molecule has 4 aromatic rings. The molecule has 0 radical (unpaired) electrons. The highest BCUT2D eigenvalue weighted by Gasteiger charge is 2.36. The van der Waals surface area contributed by atoms with E-state index in [1.807, 2.05) is 72.2 Å². The van der Waals surface area contributed by atoms with E-state index in [9.17, 15) is 4.79 Å². The number of rotatable bonds is 6. The van der Waals surface area contributed by atoms with Crippen molar-refractivity contribution in [2.45, 2.75) is 13.0 Å². The van der Waals surface area contributed by atoms with Crippen LogP contribution in [-0.4, -0.2) is 36.8 Å². The maximum absolute atomic E-state index is 13.9. The maximum Gasteiger partial charge on any atom is 0.255 e. The number of methoxy groups -OCH3 is 3. The van der Waals surface area contributed by atoms with Gasteiger partial charge in [0.1, 0.15) is 17.2 Å². The molecule has 1 aromatic heterocycles. The van der Waals surface area contributed by atoms with Crippen LogP contribution < -0.4 is 24.8 Å². The first-order chi connectivity index (χ1) is 17.0. The fraction of sp³-hybridized carbons (Fsp3) is 0.185. The SMILES string of the molecule is COc1ccc(OC)c([C@@H]2C(C(=O)Nc3ccccc3OC)=C(C)Nc3nc4ccccc4n32)c1. The second kappa shape index (κ2) is 9.06. The summed E-state index contributed by atoms with van der Waals surface area (Å²) in [5.41, 5.74) is 4.29. The number of carbonyl (C=O) groups excluding carboxylic acids is 1. The van der Waals surface area contributed by atoms with Gasteiger partial charge in [0.05, 0.1) is 49.7 Å². The Morgan fingerprint density at radius 2 is 1.69 bits per heavy atom. The van der Waals surface area contributed by atoms with Crippen molar-refractivity contribution in [1.29, 1.82) is 0 Å². The van der Waals surface area contributed by atoms with Crippen molar-refractivity contribution >= 4 is 28.6 Å². The molecule has 8 heteroatoms. The molecule has 0 saturated heterocycles. The van der Waals surface area contributed by atoms with Crippen molar-refractivity contribution in [3.05, 3.63) is 83.6 Å². The van der Waals surface area contributed by atoms with Gasteiger partial charge in [-0.25, -0.2) is 4.98 Å². The first-order valence-electron chi connectivity index (χ1n) is 11.2. The number of nitrogens with one attached hydrogen (secondary N) is 2. The number of ether oxygens (including phenoxy) is 3. The summed E-state index contributed by atoms with van der Waals surface area (Å²) in [5, 5.41) is 6.36. The molecule has 0 spiro atoms. The average molecular weight is 471 g/mol. The lowest BCUT2D eigenvalue weighted by atomic mass is 9.93. The summed E-state index contributed by atoms with van der Waals surface area (Å²) >= 11 is 0. The molecule has 3 aromatic carbocycles. The summed E-state index contributed by atoms with van der Waals surface area (Å²) in [6.07, 6.45) is 0. The molecule has 2 heterocycles. The summed E-state index contributed by atoms with van der Waals surface area (Å²) < 4.78 is 18.7. The highest BCUT2D eigenvalue weighted by atomic mass is 16.5. The third kappa shape index (κ3) is 3.82. The van der Waals surface area contributed by atoms with Gasteiger partial charge in [-0.15, -0.1) is 0 Å². The summed E-state index contributed by atoms with van der Waals surface area (Å²) in [6.45, 7) is 1.87. The zero-order valence-corrected chi connectivity index (χ0v) is 20.0. The van der Waals surface area contributed by atoms with E-state index in [0.29, 0.717) is 40.2 Å². The molecular formula is C27H26N4O4. The Balaban J connectivity index is 1.72. The van der Waals surface area contributed by atoms with Gasteiger partial charge >= 0.3 is 0 Å². The predicted octanol–water partition coefficient (Wildman–Crippen LogP) is 4.99. The average Bonchev–Trinajstić information content (AvgIpc) is 3.25. The molecule has 178 valence electrons. The molecule has 5 rings (SSSR count). The number of carbonyl (C=O) groups is 1. The Bertz CT molecular complexity index is 1460. The number of hydrogen-bond donors (Lipinski definition) is 2. The van der Waals surface area contributed by atoms with E-state index in [-0.39, 0.29) is 5.91 Å². The number of fused-ring (bicyclic) bond motifs is 3. The van der Waals surface area contributed by atoms with Gasteiger partial charge in [-0.2, -0.15) is 0 Å². The van der Waals surface area contributed by atoms with Crippen LogP contribution in [0, 0.1) is 0 Å². The monoisotopic (exact) mass is 470 g/mol. The van der Waals surface area contributed by atoms with Gasteiger partial charge in [-0.05, 0) is 49.4 Å². The summed E-state index contributed by atoms with van der Waals surface area (Å²) in [7, 11) is 4.80. The fourth-order valence-corrected chi connectivity index (χ4v) is 4.54. The minimum absolute atomic E-state index is 0.266. The number of anilines is 2. The second-order valence-corrected chi connectivity index (χ2v) is 8.12. The molecule has 35 heavy (non-hydrogen) atoms. The Morgan fingerprint density at radius 1 is 0.943 bits per heavy atom. The smallest absolute Gasteiger partial charge is 0.255 e. The second-order valence-electron chi connectivity index (χ2n) is 8.12. The van der Waals surface area contributed by atoms with Gasteiger partial charge in [0.25, 0.3) is 5.91 Å². The van der Waals surface area contributed by atoms with Crippen LogP contribution in [0.3, 0.4) is 0 Å². The van der Waals surface area contributed by atoms with Crippen molar-refractivity contribution in [3.63, 3.8) is 0 Å².